The minimum absolute atomic E-state index is 0.0559. The smallest absolute Gasteiger partial charge is 0.258 e. The highest BCUT2D eigenvalue weighted by Crippen LogP contribution is 2.44. The number of rotatable bonds is 2. The molecule has 0 N–H and O–H groups in total. The number of hydrogen-bond acceptors (Lipinski definition) is 2. The van der Waals surface area contributed by atoms with Crippen LogP contribution in [0.15, 0.2) is 30.6 Å². The van der Waals surface area contributed by atoms with Gasteiger partial charge in [-0.15, -0.1) is 0 Å². The Labute approximate surface area is 139 Å². The Kier molecular flexibility index (Phi) is 3.32. The van der Waals surface area contributed by atoms with Crippen LogP contribution in [0.2, 0.25) is 5.02 Å². The standard InChI is InChI=1S/C18H14ClN3O/c1-20-16-8-12-5-7-22(18(23)14(12)9-15(16)19)17-10-21-6-4-13(17)11-2-3-11/h4,6,8-11H,2-3,5,7H2. The Morgan fingerprint density at radius 1 is 1.35 bits per heavy atom. The predicted molar refractivity (Wildman–Crippen MR) is 89.3 cm³/mol. The number of carbonyl (C=O) groups is 1. The van der Waals surface area contributed by atoms with E-state index >= 15 is 0 Å². The molecular formula is C18H14ClN3O. The Morgan fingerprint density at radius 3 is 2.91 bits per heavy atom. The maximum Gasteiger partial charge on any atom is 0.258 e. The molecule has 114 valence electrons. The number of halogens is 1. The van der Waals surface area contributed by atoms with E-state index in [4.69, 9.17) is 18.2 Å². The van der Waals surface area contributed by atoms with Gasteiger partial charge in [0.15, 0.2) is 0 Å². The minimum atomic E-state index is -0.0559. The molecule has 0 atom stereocenters. The summed E-state index contributed by atoms with van der Waals surface area (Å²) in [6.45, 7) is 7.75. The van der Waals surface area contributed by atoms with Crippen LogP contribution in [-0.2, 0) is 6.42 Å². The van der Waals surface area contributed by atoms with Gasteiger partial charge in [0.25, 0.3) is 5.91 Å². The van der Waals surface area contributed by atoms with Crippen molar-refractivity contribution in [2.24, 2.45) is 0 Å². The summed E-state index contributed by atoms with van der Waals surface area (Å²) < 4.78 is 0. The summed E-state index contributed by atoms with van der Waals surface area (Å²) in [6, 6.07) is 5.39. The molecule has 1 fully saturated rings. The van der Waals surface area contributed by atoms with Crippen LogP contribution in [0, 0.1) is 6.57 Å². The second-order valence-electron chi connectivity index (χ2n) is 5.99. The van der Waals surface area contributed by atoms with E-state index in [1.54, 1.807) is 29.4 Å². The van der Waals surface area contributed by atoms with Gasteiger partial charge in [-0.1, -0.05) is 17.7 Å². The summed E-state index contributed by atoms with van der Waals surface area (Å²) in [5, 5.41) is 0.336. The van der Waals surface area contributed by atoms with Gasteiger partial charge in [-0.25, -0.2) is 4.85 Å². The maximum atomic E-state index is 12.9. The predicted octanol–water partition coefficient (Wildman–Crippen LogP) is 4.37. The monoisotopic (exact) mass is 323 g/mol. The van der Waals surface area contributed by atoms with Gasteiger partial charge in [-0.3, -0.25) is 9.78 Å². The van der Waals surface area contributed by atoms with Gasteiger partial charge in [0.05, 0.1) is 18.5 Å². The van der Waals surface area contributed by atoms with Crippen molar-refractivity contribution < 1.29 is 4.79 Å². The van der Waals surface area contributed by atoms with Crippen LogP contribution in [0.25, 0.3) is 4.85 Å². The highest BCUT2D eigenvalue weighted by atomic mass is 35.5. The zero-order chi connectivity index (χ0) is 16.0. The number of nitrogens with zero attached hydrogens (tertiary/aromatic N) is 3. The minimum Gasteiger partial charge on any atom is -0.306 e. The molecule has 0 unspecified atom stereocenters. The summed E-state index contributed by atoms with van der Waals surface area (Å²) in [5.74, 6) is 0.495. The lowest BCUT2D eigenvalue weighted by atomic mass is 9.97. The fourth-order valence-electron chi connectivity index (χ4n) is 3.17. The first-order valence-corrected chi connectivity index (χ1v) is 8.02. The second-order valence-corrected chi connectivity index (χ2v) is 6.40. The molecule has 1 aliphatic heterocycles. The first-order chi connectivity index (χ1) is 11.2. The molecule has 4 rings (SSSR count). The molecule has 2 aliphatic rings. The lowest BCUT2D eigenvalue weighted by Crippen LogP contribution is -2.38. The molecule has 0 bridgehead atoms. The van der Waals surface area contributed by atoms with Crippen LogP contribution in [0.4, 0.5) is 11.4 Å². The van der Waals surface area contributed by atoms with Crippen LogP contribution >= 0.6 is 11.6 Å². The third-order valence-electron chi connectivity index (χ3n) is 4.51. The number of aromatic nitrogens is 1. The molecule has 0 spiro atoms. The largest absolute Gasteiger partial charge is 0.306 e. The lowest BCUT2D eigenvalue weighted by Gasteiger charge is -2.30. The number of fused-ring (bicyclic) bond motifs is 1. The molecule has 23 heavy (non-hydrogen) atoms. The molecule has 1 aromatic heterocycles. The number of pyridine rings is 1. The van der Waals surface area contributed by atoms with E-state index in [-0.39, 0.29) is 5.91 Å². The van der Waals surface area contributed by atoms with Gasteiger partial charge in [0, 0.05) is 23.3 Å². The first-order valence-electron chi connectivity index (χ1n) is 7.64. The fraction of sp³-hybridized carbons (Fsp3) is 0.278. The maximum absolute atomic E-state index is 12.9. The van der Waals surface area contributed by atoms with E-state index in [0.29, 0.717) is 28.7 Å². The third kappa shape index (κ3) is 2.38. The van der Waals surface area contributed by atoms with E-state index in [1.165, 1.54) is 18.4 Å². The van der Waals surface area contributed by atoms with Crippen LogP contribution in [0.5, 0.6) is 0 Å². The van der Waals surface area contributed by atoms with Crippen molar-refractivity contribution in [1.29, 1.82) is 0 Å². The molecule has 1 aromatic carbocycles. The van der Waals surface area contributed by atoms with Gasteiger partial charge in [-0.2, -0.15) is 0 Å². The van der Waals surface area contributed by atoms with Crippen molar-refractivity contribution in [2.45, 2.75) is 25.2 Å². The molecule has 2 heterocycles. The SMILES string of the molecule is [C-]#[N+]c1cc2c(cc1Cl)C(=O)N(c1cnccc1C1CC1)CC2. The van der Waals surface area contributed by atoms with Crippen molar-refractivity contribution in [3.05, 3.63) is 63.7 Å². The van der Waals surface area contributed by atoms with Crippen molar-refractivity contribution in [1.82, 2.24) is 4.98 Å². The summed E-state index contributed by atoms with van der Waals surface area (Å²) in [7, 11) is 0. The Balaban J connectivity index is 1.76. The quantitative estimate of drug-likeness (QED) is 0.770. The topological polar surface area (TPSA) is 37.6 Å². The first kappa shape index (κ1) is 14.2. The summed E-state index contributed by atoms with van der Waals surface area (Å²) >= 11 is 6.12. The zero-order valence-electron chi connectivity index (χ0n) is 12.4. The average Bonchev–Trinajstić information content (AvgIpc) is 3.40. The van der Waals surface area contributed by atoms with E-state index in [9.17, 15) is 4.79 Å². The number of carbonyl (C=O) groups excluding carboxylic acids is 1. The number of amides is 1. The number of hydrogen-bond donors (Lipinski definition) is 0. The van der Waals surface area contributed by atoms with Gasteiger partial charge >= 0.3 is 0 Å². The summed E-state index contributed by atoms with van der Waals surface area (Å²) in [5.41, 5.74) is 4.03. The molecule has 1 saturated carbocycles. The molecule has 0 radical (unpaired) electrons. The molecular weight excluding hydrogens is 310 g/mol. The van der Waals surface area contributed by atoms with E-state index in [2.05, 4.69) is 9.83 Å². The normalized spacial score (nSPS) is 16.9. The summed E-state index contributed by atoms with van der Waals surface area (Å²) in [6.07, 6.45) is 6.65. The van der Waals surface area contributed by atoms with Crippen LogP contribution in [-0.4, -0.2) is 17.4 Å². The lowest BCUT2D eigenvalue weighted by molar-refractivity contribution is 0.0980. The van der Waals surface area contributed by atoms with Gasteiger partial charge < -0.3 is 4.90 Å². The molecule has 0 saturated heterocycles. The molecule has 1 aliphatic carbocycles. The highest BCUT2D eigenvalue weighted by molar-refractivity contribution is 6.34. The summed E-state index contributed by atoms with van der Waals surface area (Å²) in [4.78, 5) is 22.3. The van der Waals surface area contributed by atoms with Gasteiger partial charge in [0.2, 0.25) is 5.69 Å². The molecule has 2 aromatic rings. The van der Waals surface area contributed by atoms with E-state index in [1.807, 2.05) is 6.07 Å². The second kappa shape index (κ2) is 5.36. The Morgan fingerprint density at radius 2 is 2.17 bits per heavy atom. The van der Waals surface area contributed by atoms with E-state index in [0.717, 1.165) is 17.7 Å². The van der Waals surface area contributed by atoms with Crippen molar-refractivity contribution in [2.75, 3.05) is 11.4 Å². The van der Waals surface area contributed by atoms with E-state index < -0.39 is 0 Å². The Hall–Kier alpha value is -2.38. The fourth-order valence-corrected chi connectivity index (χ4v) is 3.37. The molecule has 4 nitrogen and oxygen atoms in total. The average molecular weight is 324 g/mol. The van der Waals surface area contributed by atoms with Crippen LogP contribution < -0.4 is 4.90 Å². The van der Waals surface area contributed by atoms with Gasteiger partial charge in [-0.05, 0) is 48.4 Å². The van der Waals surface area contributed by atoms with Crippen molar-refractivity contribution >= 4 is 28.9 Å². The number of benzene rings is 1. The number of anilines is 1. The Bertz CT molecular complexity index is 852. The zero-order valence-corrected chi connectivity index (χ0v) is 13.2. The van der Waals surface area contributed by atoms with Gasteiger partial charge in [0.1, 0.15) is 0 Å². The highest BCUT2D eigenvalue weighted by Gasteiger charge is 2.32. The molecule has 1 amide bonds. The van der Waals surface area contributed by atoms with Crippen molar-refractivity contribution in [3.8, 4) is 0 Å². The molecule has 5 heteroatoms. The van der Waals surface area contributed by atoms with Crippen LogP contribution in [0.1, 0.15) is 40.2 Å². The van der Waals surface area contributed by atoms with Crippen molar-refractivity contribution in [3.63, 3.8) is 0 Å². The third-order valence-corrected chi connectivity index (χ3v) is 4.82. The van der Waals surface area contributed by atoms with Crippen LogP contribution in [0.3, 0.4) is 0 Å².